The Morgan fingerprint density at radius 3 is 2.92 bits per heavy atom. The quantitative estimate of drug-likeness (QED) is 0.377. The Bertz CT molecular complexity index is 965. The number of carbonyl (C=O) groups excluding carboxylic acids is 1. The summed E-state index contributed by atoms with van der Waals surface area (Å²) in [7, 11) is 1.34. The smallest absolute Gasteiger partial charge is 0.337 e. The number of carbonyl (C=O) groups is 1. The Morgan fingerprint density at radius 1 is 1.38 bits per heavy atom. The summed E-state index contributed by atoms with van der Waals surface area (Å²) in [6, 6.07) is 8.53. The van der Waals surface area contributed by atoms with Gasteiger partial charge in [-0.05, 0) is 18.6 Å². The summed E-state index contributed by atoms with van der Waals surface area (Å²) in [5.41, 5.74) is 5.08. The molecule has 2 atom stereocenters. The molecule has 5 heteroatoms. The normalized spacial score (nSPS) is 24.2. The van der Waals surface area contributed by atoms with Crippen molar-refractivity contribution in [3.05, 3.63) is 59.0 Å². The summed E-state index contributed by atoms with van der Waals surface area (Å²) in [6.07, 6.45) is 6.75. The predicted octanol–water partition coefficient (Wildman–Crippen LogP) is 3.43. The SMILES string of the molecule is C/C=C1/C=[N+]2CCc3c([nH]c4ccccc34)C2CC1/C(=C/O)C(=O)OC. The summed E-state index contributed by atoms with van der Waals surface area (Å²) in [4.78, 5) is 15.7. The highest BCUT2D eigenvalue weighted by molar-refractivity contribution is 5.92. The van der Waals surface area contributed by atoms with E-state index in [-0.39, 0.29) is 12.0 Å². The Hall–Kier alpha value is -2.82. The maximum absolute atomic E-state index is 12.1. The van der Waals surface area contributed by atoms with E-state index in [1.54, 1.807) is 0 Å². The minimum Gasteiger partial charge on any atom is -0.515 e. The van der Waals surface area contributed by atoms with Crippen molar-refractivity contribution >= 4 is 23.1 Å². The van der Waals surface area contributed by atoms with Gasteiger partial charge in [0.2, 0.25) is 0 Å². The van der Waals surface area contributed by atoms with Crippen LogP contribution in [0.3, 0.4) is 0 Å². The second-order valence-corrected chi connectivity index (χ2v) is 6.85. The largest absolute Gasteiger partial charge is 0.515 e. The molecule has 2 aliphatic heterocycles. The number of para-hydroxylation sites is 1. The molecule has 3 heterocycles. The van der Waals surface area contributed by atoms with Crippen molar-refractivity contribution in [2.24, 2.45) is 5.92 Å². The number of aromatic amines is 1. The summed E-state index contributed by atoms with van der Waals surface area (Å²) in [5, 5.41) is 11.0. The van der Waals surface area contributed by atoms with Crippen molar-refractivity contribution in [1.29, 1.82) is 0 Å². The molecule has 0 radical (unpaired) electrons. The van der Waals surface area contributed by atoms with Crippen LogP contribution < -0.4 is 0 Å². The van der Waals surface area contributed by atoms with Crippen LogP contribution in [0.4, 0.5) is 0 Å². The van der Waals surface area contributed by atoms with Gasteiger partial charge in [-0.1, -0.05) is 24.3 Å². The fraction of sp³-hybridized carbons (Fsp3) is 0.333. The summed E-state index contributed by atoms with van der Waals surface area (Å²) in [6.45, 7) is 2.91. The average Bonchev–Trinajstić information content (AvgIpc) is 3.07. The van der Waals surface area contributed by atoms with E-state index in [1.165, 1.54) is 23.8 Å². The number of aromatic nitrogens is 1. The van der Waals surface area contributed by atoms with Crippen molar-refractivity contribution in [2.45, 2.75) is 25.8 Å². The highest BCUT2D eigenvalue weighted by Crippen LogP contribution is 2.41. The lowest BCUT2D eigenvalue weighted by Crippen LogP contribution is -2.36. The van der Waals surface area contributed by atoms with Gasteiger partial charge in [-0.3, -0.25) is 0 Å². The maximum atomic E-state index is 12.1. The number of nitrogens with zero attached hydrogens (tertiary/aromatic N) is 1. The van der Waals surface area contributed by atoms with E-state index in [9.17, 15) is 9.90 Å². The van der Waals surface area contributed by atoms with E-state index in [2.05, 4.69) is 34.0 Å². The van der Waals surface area contributed by atoms with Crippen LogP contribution >= 0.6 is 0 Å². The van der Waals surface area contributed by atoms with Gasteiger partial charge in [0.1, 0.15) is 6.54 Å². The third-order valence-electron chi connectivity index (χ3n) is 5.65. The van der Waals surface area contributed by atoms with Crippen LogP contribution in [0, 0.1) is 5.92 Å². The lowest BCUT2D eigenvalue weighted by molar-refractivity contribution is -0.577. The van der Waals surface area contributed by atoms with Gasteiger partial charge < -0.3 is 14.8 Å². The maximum Gasteiger partial charge on any atom is 0.337 e. The zero-order chi connectivity index (χ0) is 18.3. The predicted molar refractivity (Wildman–Crippen MR) is 101 cm³/mol. The highest BCUT2D eigenvalue weighted by Gasteiger charge is 2.42. The molecule has 0 aliphatic carbocycles. The molecule has 0 saturated heterocycles. The van der Waals surface area contributed by atoms with Crippen LogP contribution in [0.1, 0.15) is 30.6 Å². The molecule has 26 heavy (non-hydrogen) atoms. The number of hydrogen-bond donors (Lipinski definition) is 2. The van der Waals surface area contributed by atoms with Gasteiger partial charge >= 0.3 is 5.97 Å². The minimum atomic E-state index is -0.480. The van der Waals surface area contributed by atoms with E-state index in [1.807, 2.05) is 19.1 Å². The van der Waals surface area contributed by atoms with Crippen LogP contribution in [-0.2, 0) is 16.0 Å². The van der Waals surface area contributed by atoms with Crippen LogP contribution in [-0.4, -0.2) is 40.5 Å². The first kappa shape index (κ1) is 16.6. The number of methoxy groups -OCH3 is 1. The zero-order valence-electron chi connectivity index (χ0n) is 15.0. The topological polar surface area (TPSA) is 65.3 Å². The first-order valence-electron chi connectivity index (χ1n) is 8.96. The van der Waals surface area contributed by atoms with Crippen molar-refractivity contribution in [2.75, 3.05) is 13.7 Å². The third kappa shape index (κ3) is 2.46. The number of hydrogen-bond acceptors (Lipinski definition) is 3. The Morgan fingerprint density at radius 2 is 2.19 bits per heavy atom. The molecule has 0 bridgehead atoms. The van der Waals surface area contributed by atoms with Crippen LogP contribution in [0.5, 0.6) is 0 Å². The Balaban J connectivity index is 1.81. The molecule has 5 nitrogen and oxygen atoms in total. The zero-order valence-corrected chi connectivity index (χ0v) is 15.0. The van der Waals surface area contributed by atoms with Gasteiger partial charge in [-0.15, -0.1) is 0 Å². The van der Waals surface area contributed by atoms with Crippen molar-refractivity contribution < 1.29 is 19.2 Å². The second kappa shape index (κ2) is 6.48. The molecule has 134 valence electrons. The number of aliphatic hydroxyl groups excluding tert-OH is 1. The molecule has 2 N–H and O–H groups in total. The fourth-order valence-corrected chi connectivity index (χ4v) is 4.37. The highest BCUT2D eigenvalue weighted by atomic mass is 16.5. The second-order valence-electron chi connectivity index (χ2n) is 6.85. The fourth-order valence-electron chi connectivity index (χ4n) is 4.37. The molecule has 0 spiro atoms. The van der Waals surface area contributed by atoms with Gasteiger partial charge in [-0.25, -0.2) is 9.37 Å². The van der Waals surface area contributed by atoms with Gasteiger partial charge in [0.25, 0.3) is 0 Å². The van der Waals surface area contributed by atoms with E-state index in [4.69, 9.17) is 4.74 Å². The monoisotopic (exact) mass is 351 g/mol. The summed E-state index contributed by atoms with van der Waals surface area (Å²) < 4.78 is 7.22. The van der Waals surface area contributed by atoms with E-state index in [0.717, 1.165) is 36.7 Å². The van der Waals surface area contributed by atoms with E-state index < -0.39 is 5.97 Å². The molecule has 4 rings (SSSR count). The Kier molecular flexibility index (Phi) is 4.15. The average molecular weight is 351 g/mol. The summed E-state index contributed by atoms with van der Waals surface area (Å²) >= 11 is 0. The molecule has 1 aromatic carbocycles. The number of fused-ring (bicyclic) bond motifs is 5. The first-order chi connectivity index (χ1) is 12.7. The molecule has 1 aromatic heterocycles. The summed E-state index contributed by atoms with van der Waals surface area (Å²) in [5.74, 6) is -0.664. The van der Waals surface area contributed by atoms with Crippen molar-refractivity contribution in [3.63, 3.8) is 0 Å². The first-order valence-corrected chi connectivity index (χ1v) is 8.96. The third-order valence-corrected chi connectivity index (χ3v) is 5.65. The standard InChI is InChI=1S/C21H22N2O3/c1-3-13-11-23-9-8-15-14-6-4-5-7-18(14)22-20(15)19(23)10-16(13)17(12-24)21(25)26-2/h3-7,11-12,16,19,22H,8-10H2,1-2H3/p+1/b13-3-. The van der Waals surface area contributed by atoms with E-state index >= 15 is 0 Å². The molecule has 0 fully saturated rings. The van der Waals surface area contributed by atoms with Gasteiger partial charge in [-0.2, -0.15) is 0 Å². The molecule has 0 saturated carbocycles. The number of allylic oxidation sites excluding steroid dienone is 2. The van der Waals surface area contributed by atoms with Crippen LogP contribution in [0.25, 0.3) is 10.9 Å². The number of ether oxygens (including phenoxy) is 1. The molecule has 2 unspecified atom stereocenters. The molecule has 0 amide bonds. The number of aliphatic hydroxyl groups is 1. The Labute approximate surface area is 152 Å². The molecular weight excluding hydrogens is 328 g/mol. The molecule has 2 aromatic rings. The molecular formula is C21H23N2O3+. The number of rotatable bonds is 2. The van der Waals surface area contributed by atoms with Gasteiger partial charge in [0, 0.05) is 35.2 Å². The number of esters is 1. The van der Waals surface area contributed by atoms with Gasteiger partial charge in [0.15, 0.2) is 12.3 Å². The van der Waals surface area contributed by atoms with Crippen molar-refractivity contribution in [3.8, 4) is 0 Å². The number of benzene rings is 1. The lowest BCUT2D eigenvalue weighted by atomic mass is 9.80. The van der Waals surface area contributed by atoms with Crippen LogP contribution in [0.2, 0.25) is 0 Å². The minimum absolute atomic E-state index is 0.152. The van der Waals surface area contributed by atoms with Gasteiger partial charge in [0.05, 0.1) is 24.6 Å². The number of nitrogens with one attached hydrogen (secondary N) is 1. The van der Waals surface area contributed by atoms with E-state index in [0.29, 0.717) is 5.57 Å². The lowest BCUT2D eigenvalue weighted by Gasteiger charge is -2.30. The number of H-pyrrole nitrogens is 1. The van der Waals surface area contributed by atoms with Crippen LogP contribution in [0.15, 0.2) is 47.7 Å². The van der Waals surface area contributed by atoms with Crippen molar-refractivity contribution in [1.82, 2.24) is 4.98 Å². The molecule has 2 aliphatic rings.